The van der Waals surface area contributed by atoms with Crippen LogP contribution in [0.1, 0.15) is 40.0 Å². The lowest BCUT2D eigenvalue weighted by Gasteiger charge is -2.26. The average molecular weight is 272 g/mol. The fourth-order valence-corrected chi connectivity index (χ4v) is 1.97. The van der Waals surface area contributed by atoms with Crippen molar-refractivity contribution in [3.63, 3.8) is 0 Å². The van der Waals surface area contributed by atoms with Gasteiger partial charge in [0, 0.05) is 19.6 Å². The fourth-order valence-electron chi connectivity index (χ4n) is 1.81. The summed E-state index contributed by atoms with van der Waals surface area (Å²) in [4.78, 5) is 14.7. The van der Waals surface area contributed by atoms with Crippen LogP contribution in [-0.4, -0.2) is 34.6 Å². The van der Waals surface area contributed by atoms with Crippen LogP contribution in [0, 0.1) is 0 Å². The second kappa shape index (κ2) is 7.36. The van der Waals surface area contributed by atoms with Crippen molar-refractivity contribution < 1.29 is 0 Å². The van der Waals surface area contributed by atoms with Gasteiger partial charge in [0.1, 0.15) is 0 Å². The molecular weight excluding hydrogens is 250 g/mol. The third-order valence-electron chi connectivity index (χ3n) is 2.94. The van der Waals surface area contributed by atoms with Crippen LogP contribution in [0.2, 0.25) is 5.28 Å². The molecule has 0 fully saturated rings. The Kier molecular flexibility index (Phi) is 6.12. The summed E-state index contributed by atoms with van der Waals surface area (Å²) in [5.41, 5.74) is 0. The molecule has 0 spiro atoms. The smallest absolute Gasteiger partial charge is 0.231 e. The molecule has 6 heteroatoms. The lowest BCUT2D eigenvalue weighted by Crippen LogP contribution is -2.32. The van der Waals surface area contributed by atoms with E-state index in [4.69, 9.17) is 11.6 Å². The molecule has 0 saturated heterocycles. The van der Waals surface area contributed by atoms with Crippen molar-refractivity contribution in [2.75, 3.05) is 23.8 Å². The van der Waals surface area contributed by atoms with Gasteiger partial charge in [-0.3, -0.25) is 0 Å². The molecule has 1 aromatic heterocycles. The van der Waals surface area contributed by atoms with Gasteiger partial charge in [-0.1, -0.05) is 20.8 Å². The molecule has 18 heavy (non-hydrogen) atoms. The van der Waals surface area contributed by atoms with E-state index in [0.717, 1.165) is 25.8 Å². The van der Waals surface area contributed by atoms with E-state index in [2.05, 4.69) is 45.9 Å². The number of nitrogens with zero attached hydrogens (tertiary/aromatic N) is 4. The van der Waals surface area contributed by atoms with Gasteiger partial charge in [0.25, 0.3) is 0 Å². The van der Waals surface area contributed by atoms with Crippen molar-refractivity contribution in [1.82, 2.24) is 15.0 Å². The minimum Gasteiger partial charge on any atom is -0.354 e. The maximum atomic E-state index is 5.94. The Hall–Kier alpha value is -1.10. The van der Waals surface area contributed by atoms with Crippen LogP contribution in [0.4, 0.5) is 11.9 Å². The normalized spacial score (nSPS) is 10.8. The van der Waals surface area contributed by atoms with E-state index in [1.807, 2.05) is 7.05 Å². The van der Waals surface area contributed by atoms with E-state index in [0.29, 0.717) is 17.9 Å². The van der Waals surface area contributed by atoms with Crippen molar-refractivity contribution in [3.8, 4) is 0 Å². The van der Waals surface area contributed by atoms with E-state index in [1.54, 1.807) is 0 Å². The number of hydrogen-bond acceptors (Lipinski definition) is 5. The van der Waals surface area contributed by atoms with Gasteiger partial charge in [0.15, 0.2) is 0 Å². The third kappa shape index (κ3) is 3.98. The van der Waals surface area contributed by atoms with Gasteiger partial charge in [-0.2, -0.15) is 15.0 Å². The second-order valence-corrected chi connectivity index (χ2v) is 4.57. The van der Waals surface area contributed by atoms with E-state index >= 15 is 0 Å². The Morgan fingerprint density at radius 3 is 2.39 bits per heavy atom. The summed E-state index contributed by atoms with van der Waals surface area (Å²) in [6, 6.07) is 0.419. The van der Waals surface area contributed by atoms with Gasteiger partial charge < -0.3 is 10.2 Å². The minimum atomic E-state index is 0.233. The summed E-state index contributed by atoms with van der Waals surface area (Å²) in [6.45, 7) is 7.23. The summed E-state index contributed by atoms with van der Waals surface area (Å²) in [5.74, 6) is 1.17. The van der Waals surface area contributed by atoms with Gasteiger partial charge in [-0.15, -0.1) is 0 Å². The highest BCUT2D eigenvalue weighted by atomic mass is 35.5. The van der Waals surface area contributed by atoms with Gasteiger partial charge >= 0.3 is 0 Å². The van der Waals surface area contributed by atoms with Crippen LogP contribution in [0.5, 0.6) is 0 Å². The molecule has 102 valence electrons. The molecule has 0 saturated carbocycles. The van der Waals surface area contributed by atoms with Crippen molar-refractivity contribution >= 4 is 23.5 Å². The molecule has 0 aliphatic rings. The third-order valence-corrected chi connectivity index (χ3v) is 3.10. The quantitative estimate of drug-likeness (QED) is 0.826. The maximum Gasteiger partial charge on any atom is 0.231 e. The van der Waals surface area contributed by atoms with Crippen molar-refractivity contribution in [3.05, 3.63) is 5.28 Å². The summed E-state index contributed by atoms with van der Waals surface area (Å²) in [5, 5.41) is 3.36. The number of anilines is 2. The second-order valence-electron chi connectivity index (χ2n) is 4.24. The maximum absolute atomic E-state index is 5.94. The van der Waals surface area contributed by atoms with Crippen LogP contribution >= 0.6 is 11.6 Å². The lowest BCUT2D eigenvalue weighted by molar-refractivity contribution is 0.580. The molecule has 5 nitrogen and oxygen atoms in total. The zero-order valence-corrected chi connectivity index (χ0v) is 12.3. The molecule has 0 atom stereocenters. The van der Waals surface area contributed by atoms with Crippen molar-refractivity contribution in [2.45, 2.75) is 46.1 Å². The molecule has 0 bridgehead atoms. The molecular formula is C12H22ClN5. The zero-order valence-electron chi connectivity index (χ0n) is 11.6. The SMILES string of the molecule is CCCNc1nc(Cl)nc(N(C)C(CC)CC)n1. The van der Waals surface area contributed by atoms with Crippen LogP contribution in [0.15, 0.2) is 0 Å². The van der Waals surface area contributed by atoms with Gasteiger partial charge in [-0.05, 0) is 30.9 Å². The number of aromatic nitrogens is 3. The van der Waals surface area contributed by atoms with Crippen molar-refractivity contribution in [2.24, 2.45) is 0 Å². The first-order valence-electron chi connectivity index (χ1n) is 6.50. The first-order chi connectivity index (χ1) is 8.62. The lowest BCUT2D eigenvalue weighted by atomic mass is 10.1. The molecule has 1 N–H and O–H groups in total. The minimum absolute atomic E-state index is 0.233. The highest BCUT2D eigenvalue weighted by Crippen LogP contribution is 2.17. The van der Waals surface area contributed by atoms with Crippen LogP contribution in [-0.2, 0) is 0 Å². The Balaban J connectivity index is 2.90. The summed E-state index contributed by atoms with van der Waals surface area (Å²) in [6.07, 6.45) is 3.11. The molecule has 0 aliphatic carbocycles. The van der Waals surface area contributed by atoms with Crippen LogP contribution in [0.25, 0.3) is 0 Å². The largest absolute Gasteiger partial charge is 0.354 e. The highest BCUT2D eigenvalue weighted by molar-refractivity contribution is 6.28. The highest BCUT2D eigenvalue weighted by Gasteiger charge is 2.15. The topological polar surface area (TPSA) is 53.9 Å². The molecule has 1 rings (SSSR count). The average Bonchev–Trinajstić information content (AvgIpc) is 2.37. The number of halogens is 1. The van der Waals surface area contributed by atoms with Gasteiger partial charge in [0.2, 0.25) is 17.2 Å². The van der Waals surface area contributed by atoms with Crippen LogP contribution < -0.4 is 10.2 Å². The zero-order chi connectivity index (χ0) is 13.5. The Morgan fingerprint density at radius 2 is 1.83 bits per heavy atom. The predicted molar refractivity (Wildman–Crippen MR) is 76.4 cm³/mol. The summed E-state index contributed by atoms with van der Waals surface area (Å²) in [7, 11) is 1.99. The molecule has 0 amide bonds. The van der Waals surface area contributed by atoms with E-state index < -0.39 is 0 Å². The molecule has 0 radical (unpaired) electrons. The van der Waals surface area contributed by atoms with Gasteiger partial charge in [0.05, 0.1) is 0 Å². The number of hydrogen-bond donors (Lipinski definition) is 1. The molecule has 1 heterocycles. The molecule has 1 aromatic rings. The fraction of sp³-hybridized carbons (Fsp3) is 0.750. The van der Waals surface area contributed by atoms with Crippen molar-refractivity contribution in [1.29, 1.82) is 0 Å². The van der Waals surface area contributed by atoms with Crippen LogP contribution in [0.3, 0.4) is 0 Å². The molecule has 0 aromatic carbocycles. The predicted octanol–water partition coefficient (Wildman–Crippen LogP) is 2.97. The summed E-state index contributed by atoms with van der Waals surface area (Å²) >= 11 is 5.94. The number of nitrogens with one attached hydrogen (secondary N) is 1. The van der Waals surface area contributed by atoms with E-state index in [1.165, 1.54) is 0 Å². The van der Waals surface area contributed by atoms with E-state index in [-0.39, 0.29) is 5.28 Å². The first-order valence-corrected chi connectivity index (χ1v) is 6.88. The molecule has 0 unspecified atom stereocenters. The number of rotatable bonds is 7. The Bertz CT molecular complexity index is 367. The first kappa shape index (κ1) is 15.0. The Labute approximate surface area is 114 Å². The monoisotopic (exact) mass is 271 g/mol. The van der Waals surface area contributed by atoms with Gasteiger partial charge in [-0.25, -0.2) is 0 Å². The van der Waals surface area contributed by atoms with E-state index in [9.17, 15) is 0 Å². The molecule has 0 aliphatic heterocycles. The summed E-state index contributed by atoms with van der Waals surface area (Å²) < 4.78 is 0. The standard InChI is InChI=1S/C12H22ClN5/c1-5-8-14-11-15-10(13)16-12(17-11)18(4)9(6-2)7-3/h9H,5-8H2,1-4H3,(H,14,15,16,17). The Morgan fingerprint density at radius 1 is 1.17 bits per heavy atom.